The van der Waals surface area contributed by atoms with Crippen molar-refractivity contribution in [3.8, 4) is 11.3 Å². The van der Waals surface area contributed by atoms with Gasteiger partial charge in [0.2, 0.25) is 0 Å². The number of rotatable bonds is 3. The third-order valence-corrected chi connectivity index (χ3v) is 4.54. The third kappa shape index (κ3) is 2.63. The van der Waals surface area contributed by atoms with Crippen molar-refractivity contribution in [2.24, 2.45) is 7.05 Å². The van der Waals surface area contributed by atoms with Crippen LogP contribution in [0.1, 0.15) is 28.2 Å². The van der Waals surface area contributed by atoms with E-state index in [1.54, 1.807) is 47.3 Å². The van der Waals surface area contributed by atoms with Crippen molar-refractivity contribution in [2.45, 2.75) is 12.8 Å². The highest BCUT2D eigenvalue weighted by molar-refractivity contribution is 6.12. The van der Waals surface area contributed by atoms with Gasteiger partial charge in [0, 0.05) is 24.4 Å². The highest BCUT2D eigenvalue weighted by atomic mass is 16.6. The van der Waals surface area contributed by atoms with Crippen LogP contribution in [0.4, 0.5) is 5.69 Å². The van der Waals surface area contributed by atoms with Crippen LogP contribution in [-0.2, 0) is 13.5 Å². The minimum Gasteiger partial charge on any atom is -0.456 e. The number of benzene rings is 1. The Labute approximate surface area is 148 Å². The van der Waals surface area contributed by atoms with E-state index in [4.69, 9.17) is 4.42 Å². The lowest BCUT2D eigenvalue weighted by Gasteiger charge is -2.14. The molecule has 0 radical (unpaired) electrons. The van der Waals surface area contributed by atoms with Gasteiger partial charge in [0.25, 0.3) is 5.69 Å². The van der Waals surface area contributed by atoms with Gasteiger partial charge in [-0.2, -0.15) is 5.10 Å². The third-order valence-electron chi connectivity index (χ3n) is 4.54. The topological polar surface area (TPSA) is 91.2 Å². The predicted molar refractivity (Wildman–Crippen MR) is 94.6 cm³/mol. The monoisotopic (exact) mass is 349 g/mol. The number of para-hydroxylation sites is 1. The fourth-order valence-corrected chi connectivity index (χ4v) is 3.21. The number of allylic oxidation sites excluding steroid dienone is 1. The molecule has 0 bridgehead atoms. The molecule has 4 rings (SSSR count). The average molecular weight is 349 g/mol. The van der Waals surface area contributed by atoms with Gasteiger partial charge in [-0.05, 0) is 37.1 Å². The predicted octanol–water partition coefficient (Wildman–Crippen LogP) is 3.80. The summed E-state index contributed by atoms with van der Waals surface area (Å²) in [6.45, 7) is 0. The van der Waals surface area contributed by atoms with E-state index in [1.807, 2.05) is 7.05 Å². The van der Waals surface area contributed by atoms with Crippen LogP contribution in [0.3, 0.4) is 0 Å². The average Bonchev–Trinajstić information content (AvgIpc) is 3.25. The second-order valence-corrected chi connectivity index (χ2v) is 6.10. The molecule has 0 N–H and O–H groups in total. The molecule has 7 nitrogen and oxygen atoms in total. The minimum atomic E-state index is -0.440. The van der Waals surface area contributed by atoms with Crippen molar-refractivity contribution in [2.75, 3.05) is 0 Å². The van der Waals surface area contributed by atoms with Gasteiger partial charge >= 0.3 is 0 Å². The largest absolute Gasteiger partial charge is 0.456 e. The fraction of sp³-hybridized carbons (Fsp3) is 0.158. The quantitative estimate of drug-likeness (QED) is 0.407. The van der Waals surface area contributed by atoms with E-state index in [-0.39, 0.29) is 11.5 Å². The smallest absolute Gasteiger partial charge is 0.280 e. The molecular weight excluding hydrogens is 334 g/mol. The molecule has 0 saturated carbocycles. The molecule has 0 amide bonds. The van der Waals surface area contributed by atoms with Crippen LogP contribution in [0.2, 0.25) is 0 Å². The Balaban J connectivity index is 1.67. The van der Waals surface area contributed by atoms with Crippen LogP contribution in [0, 0.1) is 10.1 Å². The summed E-state index contributed by atoms with van der Waals surface area (Å²) < 4.78 is 7.48. The van der Waals surface area contributed by atoms with Gasteiger partial charge in [0.05, 0.1) is 22.2 Å². The number of ketones is 1. The van der Waals surface area contributed by atoms with Crippen molar-refractivity contribution in [3.63, 3.8) is 0 Å². The van der Waals surface area contributed by atoms with E-state index in [0.29, 0.717) is 34.6 Å². The van der Waals surface area contributed by atoms with Gasteiger partial charge in [0.1, 0.15) is 11.5 Å². The highest BCUT2D eigenvalue weighted by Crippen LogP contribution is 2.32. The number of furan rings is 1. The number of nitrogens with zero attached hydrogens (tertiary/aromatic N) is 3. The Morgan fingerprint density at radius 1 is 1.19 bits per heavy atom. The van der Waals surface area contributed by atoms with Crippen LogP contribution >= 0.6 is 0 Å². The number of aromatic nitrogens is 2. The Hall–Kier alpha value is -3.48. The lowest BCUT2D eigenvalue weighted by molar-refractivity contribution is -0.384. The van der Waals surface area contributed by atoms with E-state index in [9.17, 15) is 14.9 Å². The molecule has 130 valence electrons. The maximum Gasteiger partial charge on any atom is 0.280 e. The SMILES string of the molecule is Cn1ncc2c1CCC(=Cc1ccc(-c3ccccc3[N+](=O)[O-])o1)C2=O. The lowest BCUT2D eigenvalue weighted by Crippen LogP contribution is -2.14. The van der Waals surface area contributed by atoms with Gasteiger partial charge < -0.3 is 4.42 Å². The maximum atomic E-state index is 12.6. The lowest BCUT2D eigenvalue weighted by atomic mass is 9.91. The first-order valence-electron chi connectivity index (χ1n) is 8.14. The summed E-state index contributed by atoms with van der Waals surface area (Å²) in [6, 6.07) is 9.80. The van der Waals surface area contributed by atoms with Crippen LogP contribution in [-0.4, -0.2) is 20.5 Å². The van der Waals surface area contributed by atoms with E-state index in [2.05, 4.69) is 5.10 Å². The number of carbonyl (C=O) groups is 1. The number of nitro groups is 1. The maximum absolute atomic E-state index is 12.6. The Morgan fingerprint density at radius 2 is 2.00 bits per heavy atom. The van der Waals surface area contributed by atoms with Crippen molar-refractivity contribution in [1.82, 2.24) is 9.78 Å². The molecule has 0 aliphatic heterocycles. The molecule has 1 aliphatic rings. The van der Waals surface area contributed by atoms with Gasteiger partial charge in [0.15, 0.2) is 5.78 Å². The molecule has 0 fully saturated rings. The molecule has 0 spiro atoms. The molecule has 3 aromatic rings. The summed E-state index contributed by atoms with van der Waals surface area (Å²) >= 11 is 0. The molecule has 1 aliphatic carbocycles. The molecule has 2 heterocycles. The summed E-state index contributed by atoms with van der Waals surface area (Å²) in [5.74, 6) is 0.839. The normalized spacial score (nSPS) is 15.3. The number of nitro benzene ring substituents is 1. The first-order valence-corrected chi connectivity index (χ1v) is 8.14. The van der Waals surface area contributed by atoms with Crippen LogP contribution in [0.25, 0.3) is 17.4 Å². The van der Waals surface area contributed by atoms with Crippen LogP contribution in [0.5, 0.6) is 0 Å². The van der Waals surface area contributed by atoms with Crippen LogP contribution < -0.4 is 0 Å². The molecule has 2 aromatic heterocycles. The molecule has 0 atom stereocenters. The Morgan fingerprint density at radius 3 is 2.81 bits per heavy atom. The Bertz CT molecular complexity index is 1060. The summed E-state index contributed by atoms with van der Waals surface area (Å²) in [7, 11) is 1.83. The van der Waals surface area contributed by atoms with Gasteiger partial charge in [-0.3, -0.25) is 19.6 Å². The zero-order valence-electron chi connectivity index (χ0n) is 14.0. The number of fused-ring (bicyclic) bond motifs is 1. The summed E-state index contributed by atoms with van der Waals surface area (Å²) in [4.78, 5) is 23.3. The van der Waals surface area contributed by atoms with Crippen molar-refractivity contribution >= 4 is 17.5 Å². The van der Waals surface area contributed by atoms with Gasteiger partial charge in [-0.25, -0.2) is 0 Å². The van der Waals surface area contributed by atoms with E-state index >= 15 is 0 Å². The standard InChI is InChI=1S/C19H15N3O4/c1-21-16-8-6-12(19(23)15(16)11-20-21)10-13-7-9-18(26-13)14-4-2-3-5-17(14)22(24)25/h2-5,7,9-11H,6,8H2,1H3. The molecule has 26 heavy (non-hydrogen) atoms. The number of hydrogen-bond acceptors (Lipinski definition) is 5. The van der Waals surface area contributed by atoms with Crippen molar-refractivity contribution < 1.29 is 14.1 Å². The minimum absolute atomic E-state index is 0.0187. The van der Waals surface area contributed by atoms with E-state index in [0.717, 1.165) is 12.1 Å². The zero-order chi connectivity index (χ0) is 18.3. The van der Waals surface area contributed by atoms with Gasteiger partial charge in [-0.15, -0.1) is 0 Å². The second-order valence-electron chi connectivity index (χ2n) is 6.10. The summed E-state index contributed by atoms with van der Waals surface area (Å²) in [6.07, 6.45) is 4.64. The number of carbonyl (C=O) groups excluding carboxylic acids is 1. The fourth-order valence-electron chi connectivity index (χ4n) is 3.21. The number of aryl methyl sites for hydroxylation is 1. The number of Topliss-reactive ketones (excluding diaryl/α,β-unsaturated/α-hetero) is 1. The summed E-state index contributed by atoms with van der Waals surface area (Å²) in [5.41, 5.74) is 2.60. The molecule has 0 saturated heterocycles. The molecule has 1 aromatic carbocycles. The molecular formula is C19H15N3O4. The number of hydrogen-bond donors (Lipinski definition) is 0. The highest BCUT2D eigenvalue weighted by Gasteiger charge is 2.25. The molecule has 0 unspecified atom stereocenters. The molecule has 7 heteroatoms. The Kier molecular flexibility index (Phi) is 3.76. The summed E-state index contributed by atoms with van der Waals surface area (Å²) in [5, 5.41) is 15.3. The van der Waals surface area contributed by atoms with Crippen molar-refractivity contribution in [1.29, 1.82) is 0 Å². The second kappa shape index (κ2) is 6.11. The van der Waals surface area contributed by atoms with E-state index in [1.165, 1.54) is 6.07 Å². The van der Waals surface area contributed by atoms with Crippen molar-refractivity contribution in [3.05, 3.63) is 75.3 Å². The van der Waals surface area contributed by atoms with E-state index < -0.39 is 4.92 Å². The van der Waals surface area contributed by atoms with Gasteiger partial charge in [-0.1, -0.05) is 12.1 Å². The first kappa shape index (κ1) is 16.0. The van der Waals surface area contributed by atoms with Crippen LogP contribution in [0.15, 0.2) is 52.6 Å². The zero-order valence-corrected chi connectivity index (χ0v) is 14.0. The first-order chi connectivity index (χ1) is 12.5.